The number of aliphatic carboxylic acids is 1. The summed E-state index contributed by atoms with van der Waals surface area (Å²) in [6, 6.07) is 9.39. The van der Waals surface area contributed by atoms with Crippen LogP contribution in [0, 0.1) is 5.92 Å². The average molecular weight is 291 g/mol. The monoisotopic (exact) mass is 291 g/mol. The number of rotatable bonds is 9. The van der Waals surface area contributed by atoms with Crippen molar-refractivity contribution in [3.8, 4) is 0 Å². The predicted molar refractivity (Wildman–Crippen MR) is 79.5 cm³/mol. The zero-order valence-electron chi connectivity index (χ0n) is 11.9. The Labute approximate surface area is 124 Å². The van der Waals surface area contributed by atoms with Crippen LogP contribution in [-0.2, 0) is 16.1 Å². The molecule has 21 heavy (non-hydrogen) atoms. The van der Waals surface area contributed by atoms with E-state index in [1.165, 1.54) is 11.0 Å². The molecule has 1 atom stereocenters. The van der Waals surface area contributed by atoms with E-state index in [9.17, 15) is 9.59 Å². The molecule has 0 aliphatic rings. The Morgan fingerprint density at radius 3 is 2.48 bits per heavy atom. The van der Waals surface area contributed by atoms with E-state index in [0.717, 1.165) is 5.56 Å². The van der Waals surface area contributed by atoms with Gasteiger partial charge in [0.05, 0.1) is 12.5 Å². The second-order valence-corrected chi connectivity index (χ2v) is 4.79. The van der Waals surface area contributed by atoms with Crippen molar-refractivity contribution in [2.75, 3.05) is 13.2 Å². The Hall–Kier alpha value is -2.14. The fourth-order valence-corrected chi connectivity index (χ4v) is 2.03. The minimum Gasteiger partial charge on any atom is -0.481 e. The number of hydrogen-bond donors (Lipinski definition) is 2. The summed E-state index contributed by atoms with van der Waals surface area (Å²) < 4.78 is 0. The zero-order chi connectivity index (χ0) is 15.7. The van der Waals surface area contributed by atoms with Gasteiger partial charge in [0.2, 0.25) is 5.91 Å². The summed E-state index contributed by atoms with van der Waals surface area (Å²) in [5, 5.41) is 18.2. The molecule has 0 fully saturated rings. The molecule has 0 aromatic heterocycles. The Bertz CT molecular complexity index is 472. The van der Waals surface area contributed by atoms with Crippen molar-refractivity contribution in [2.24, 2.45) is 5.92 Å². The summed E-state index contributed by atoms with van der Waals surface area (Å²) in [7, 11) is 0. The Morgan fingerprint density at radius 1 is 1.29 bits per heavy atom. The predicted octanol–water partition coefficient (Wildman–Crippen LogP) is 1.67. The number of aliphatic hydroxyl groups excluding tert-OH is 1. The fourth-order valence-electron chi connectivity index (χ4n) is 2.03. The van der Waals surface area contributed by atoms with E-state index in [1.54, 1.807) is 0 Å². The van der Waals surface area contributed by atoms with E-state index < -0.39 is 11.9 Å². The van der Waals surface area contributed by atoms with Gasteiger partial charge in [-0.05, 0) is 12.0 Å². The van der Waals surface area contributed by atoms with Crippen LogP contribution in [0.15, 0.2) is 43.0 Å². The molecule has 1 amide bonds. The lowest BCUT2D eigenvalue weighted by molar-refractivity contribution is -0.146. The van der Waals surface area contributed by atoms with Crippen molar-refractivity contribution >= 4 is 11.9 Å². The van der Waals surface area contributed by atoms with Crippen LogP contribution in [0.2, 0.25) is 0 Å². The Morgan fingerprint density at radius 2 is 1.95 bits per heavy atom. The number of carbonyl (C=O) groups is 2. The van der Waals surface area contributed by atoms with Crippen LogP contribution in [-0.4, -0.2) is 40.1 Å². The molecule has 114 valence electrons. The molecule has 0 saturated heterocycles. The van der Waals surface area contributed by atoms with E-state index >= 15 is 0 Å². The van der Waals surface area contributed by atoms with Crippen molar-refractivity contribution in [1.82, 2.24) is 4.90 Å². The molecule has 0 spiro atoms. The number of aliphatic hydroxyl groups is 1. The van der Waals surface area contributed by atoms with E-state index in [0.29, 0.717) is 6.54 Å². The lowest BCUT2D eigenvalue weighted by atomic mass is 10.0. The first kappa shape index (κ1) is 16.9. The van der Waals surface area contributed by atoms with Crippen LogP contribution < -0.4 is 0 Å². The third kappa shape index (κ3) is 5.79. The maximum Gasteiger partial charge on any atom is 0.307 e. The van der Waals surface area contributed by atoms with Gasteiger partial charge in [-0.3, -0.25) is 9.59 Å². The smallest absolute Gasteiger partial charge is 0.307 e. The normalized spacial score (nSPS) is 11.7. The first-order chi connectivity index (χ1) is 10.1. The maximum atomic E-state index is 12.2. The lowest BCUT2D eigenvalue weighted by Gasteiger charge is -2.23. The fraction of sp³-hybridized carbons (Fsp3) is 0.375. The zero-order valence-corrected chi connectivity index (χ0v) is 11.9. The number of carboxylic acids is 1. The molecular weight excluding hydrogens is 270 g/mol. The molecule has 5 nitrogen and oxygen atoms in total. The molecule has 0 saturated carbocycles. The molecule has 0 aliphatic heterocycles. The van der Waals surface area contributed by atoms with Crippen molar-refractivity contribution in [2.45, 2.75) is 19.4 Å². The first-order valence-corrected chi connectivity index (χ1v) is 6.84. The number of benzene rings is 1. The maximum absolute atomic E-state index is 12.2. The number of amides is 1. The molecular formula is C16H21NO4. The van der Waals surface area contributed by atoms with Crippen LogP contribution >= 0.6 is 0 Å². The van der Waals surface area contributed by atoms with E-state index in [2.05, 4.69) is 6.58 Å². The molecule has 1 aromatic carbocycles. The van der Waals surface area contributed by atoms with Gasteiger partial charge >= 0.3 is 5.97 Å². The summed E-state index contributed by atoms with van der Waals surface area (Å²) in [5.74, 6) is -2.05. The molecule has 5 heteroatoms. The van der Waals surface area contributed by atoms with Gasteiger partial charge in [-0.25, -0.2) is 0 Å². The van der Waals surface area contributed by atoms with Crippen LogP contribution in [0.3, 0.4) is 0 Å². The summed E-state index contributed by atoms with van der Waals surface area (Å²) in [6.07, 6.45) is 1.66. The largest absolute Gasteiger partial charge is 0.481 e. The van der Waals surface area contributed by atoms with E-state index in [-0.39, 0.29) is 31.9 Å². The lowest BCUT2D eigenvalue weighted by Crippen LogP contribution is -2.35. The van der Waals surface area contributed by atoms with Crippen molar-refractivity contribution in [1.29, 1.82) is 0 Å². The molecule has 1 unspecified atom stereocenters. The number of hydrogen-bond acceptors (Lipinski definition) is 3. The van der Waals surface area contributed by atoms with Gasteiger partial charge in [0.1, 0.15) is 0 Å². The van der Waals surface area contributed by atoms with Gasteiger partial charge in [-0.15, -0.1) is 6.58 Å². The van der Waals surface area contributed by atoms with Crippen LogP contribution in [0.1, 0.15) is 18.4 Å². The molecule has 1 rings (SSSR count). The number of carbonyl (C=O) groups excluding carboxylic acids is 1. The van der Waals surface area contributed by atoms with Gasteiger partial charge in [0, 0.05) is 19.5 Å². The van der Waals surface area contributed by atoms with Gasteiger partial charge in [0.25, 0.3) is 0 Å². The van der Waals surface area contributed by atoms with Gasteiger partial charge < -0.3 is 15.1 Å². The number of allylic oxidation sites excluding steroid dienone is 1. The third-order valence-electron chi connectivity index (χ3n) is 3.16. The van der Waals surface area contributed by atoms with E-state index in [1.807, 2.05) is 30.3 Å². The highest BCUT2D eigenvalue weighted by Gasteiger charge is 2.23. The topological polar surface area (TPSA) is 77.8 Å². The molecule has 0 aliphatic carbocycles. The highest BCUT2D eigenvalue weighted by molar-refractivity contribution is 5.82. The second kappa shape index (κ2) is 8.92. The summed E-state index contributed by atoms with van der Waals surface area (Å²) in [5.41, 5.74) is 0.940. The van der Waals surface area contributed by atoms with Crippen molar-refractivity contribution < 1.29 is 19.8 Å². The minimum absolute atomic E-state index is 0.0891. The van der Waals surface area contributed by atoms with Gasteiger partial charge in [-0.1, -0.05) is 36.4 Å². The summed E-state index contributed by atoms with van der Waals surface area (Å²) >= 11 is 0. The van der Waals surface area contributed by atoms with Crippen LogP contribution in [0.25, 0.3) is 0 Å². The van der Waals surface area contributed by atoms with Crippen LogP contribution in [0.5, 0.6) is 0 Å². The molecule has 2 N–H and O–H groups in total. The van der Waals surface area contributed by atoms with Gasteiger partial charge in [-0.2, -0.15) is 0 Å². The summed E-state index contributed by atoms with van der Waals surface area (Å²) in [4.78, 5) is 24.8. The molecule has 0 radical (unpaired) electrons. The third-order valence-corrected chi connectivity index (χ3v) is 3.16. The first-order valence-electron chi connectivity index (χ1n) is 6.84. The quantitative estimate of drug-likeness (QED) is 0.678. The summed E-state index contributed by atoms with van der Waals surface area (Å²) in [6.45, 7) is 3.91. The highest BCUT2D eigenvalue weighted by Crippen LogP contribution is 2.14. The number of nitrogens with zero attached hydrogens (tertiary/aromatic N) is 1. The molecule has 0 heterocycles. The van der Waals surface area contributed by atoms with Crippen molar-refractivity contribution in [3.05, 3.63) is 48.6 Å². The van der Waals surface area contributed by atoms with Gasteiger partial charge in [0.15, 0.2) is 0 Å². The second-order valence-electron chi connectivity index (χ2n) is 4.79. The van der Waals surface area contributed by atoms with E-state index in [4.69, 9.17) is 10.2 Å². The Kier molecular flexibility index (Phi) is 7.18. The highest BCUT2D eigenvalue weighted by atomic mass is 16.4. The average Bonchev–Trinajstić information content (AvgIpc) is 2.47. The number of carboxylic acid groups (broad SMARTS) is 1. The van der Waals surface area contributed by atoms with Crippen LogP contribution in [0.4, 0.5) is 0 Å². The molecule has 0 bridgehead atoms. The standard InChI is InChI=1S/C16H21NO4/c1-2-6-14(16(20)21)11-15(19)17(9-10-18)12-13-7-4-3-5-8-13/h2-5,7-8,14,18H,1,6,9-12H2,(H,20,21). The SMILES string of the molecule is C=CCC(CC(=O)N(CCO)Cc1ccccc1)C(=O)O. The molecule has 1 aromatic rings. The Balaban J connectivity index is 2.72. The minimum atomic E-state index is -1.01. The van der Waals surface area contributed by atoms with Crippen molar-refractivity contribution in [3.63, 3.8) is 0 Å².